The van der Waals surface area contributed by atoms with Gasteiger partial charge in [0.05, 0.1) is 16.6 Å². The highest BCUT2D eigenvalue weighted by Gasteiger charge is 2.14. The van der Waals surface area contributed by atoms with Crippen molar-refractivity contribution in [3.05, 3.63) is 71.9 Å². The van der Waals surface area contributed by atoms with Crippen LogP contribution in [-0.4, -0.2) is 40.9 Å². The fourth-order valence-electron chi connectivity index (χ4n) is 3.12. The van der Waals surface area contributed by atoms with Gasteiger partial charge in [-0.05, 0) is 42.5 Å². The van der Waals surface area contributed by atoms with E-state index in [0.717, 1.165) is 11.1 Å². The Labute approximate surface area is 178 Å². The second-order valence-electron chi connectivity index (χ2n) is 6.67. The normalized spacial score (nSPS) is 10.5. The maximum absolute atomic E-state index is 12.2. The molecule has 0 saturated heterocycles. The van der Waals surface area contributed by atoms with Gasteiger partial charge in [-0.1, -0.05) is 12.1 Å². The van der Waals surface area contributed by atoms with Crippen LogP contribution in [0.1, 0.15) is 20.7 Å². The van der Waals surface area contributed by atoms with Gasteiger partial charge in [0.15, 0.2) is 0 Å². The Hall–Kier alpha value is -4.40. The summed E-state index contributed by atoms with van der Waals surface area (Å²) >= 11 is 0. The van der Waals surface area contributed by atoms with E-state index in [0.29, 0.717) is 34.2 Å². The molecule has 5 N–H and O–H groups in total. The Bertz CT molecular complexity index is 1250. The van der Waals surface area contributed by atoms with Gasteiger partial charge in [-0.15, -0.1) is 0 Å². The Balaban J connectivity index is 1.66. The third-order valence-electron chi connectivity index (χ3n) is 4.70. The molecular formula is C22H21N7O2. The lowest BCUT2D eigenvalue weighted by Gasteiger charge is -2.13. The summed E-state index contributed by atoms with van der Waals surface area (Å²) in [6.45, 7) is 0. The highest BCUT2D eigenvalue weighted by molar-refractivity contribution is 6.01. The number of nitrogens with one attached hydrogen (secondary N) is 5. The molecule has 2 heterocycles. The second-order valence-corrected chi connectivity index (χ2v) is 6.67. The number of amides is 2. The SMILES string of the molecule is CNC(=O)c1ccc(Nc2nc(Nc3ccccc3C(=O)NC)c3cc[nH]c3n2)cc1. The zero-order valence-corrected chi connectivity index (χ0v) is 17.0. The molecule has 0 atom stereocenters. The van der Waals surface area contributed by atoms with E-state index < -0.39 is 0 Å². The lowest BCUT2D eigenvalue weighted by molar-refractivity contribution is 0.0955. The zero-order chi connectivity index (χ0) is 21.8. The molecule has 9 nitrogen and oxygen atoms in total. The van der Waals surface area contributed by atoms with Crippen LogP contribution in [0, 0.1) is 0 Å². The number of para-hydroxylation sites is 1. The maximum atomic E-state index is 12.2. The van der Waals surface area contributed by atoms with E-state index in [2.05, 4.69) is 36.2 Å². The number of H-pyrrole nitrogens is 1. The Morgan fingerprint density at radius 2 is 1.58 bits per heavy atom. The van der Waals surface area contributed by atoms with Crippen molar-refractivity contribution in [2.75, 3.05) is 24.7 Å². The van der Waals surface area contributed by atoms with Crippen LogP contribution in [0.4, 0.5) is 23.1 Å². The monoisotopic (exact) mass is 415 g/mol. The number of aromatic nitrogens is 3. The molecule has 0 bridgehead atoms. The summed E-state index contributed by atoms with van der Waals surface area (Å²) < 4.78 is 0. The van der Waals surface area contributed by atoms with E-state index in [1.54, 1.807) is 56.7 Å². The smallest absolute Gasteiger partial charge is 0.253 e. The van der Waals surface area contributed by atoms with E-state index >= 15 is 0 Å². The minimum Gasteiger partial charge on any atom is -0.355 e. The minimum absolute atomic E-state index is 0.156. The van der Waals surface area contributed by atoms with Gasteiger partial charge in [0.25, 0.3) is 11.8 Å². The first-order chi connectivity index (χ1) is 15.1. The van der Waals surface area contributed by atoms with E-state index in [1.807, 2.05) is 18.2 Å². The lowest BCUT2D eigenvalue weighted by atomic mass is 10.1. The van der Waals surface area contributed by atoms with E-state index in [4.69, 9.17) is 0 Å². The number of carbonyl (C=O) groups excluding carboxylic acids is 2. The van der Waals surface area contributed by atoms with Gasteiger partial charge in [0.1, 0.15) is 11.5 Å². The largest absolute Gasteiger partial charge is 0.355 e. The number of hydrogen-bond acceptors (Lipinski definition) is 6. The lowest BCUT2D eigenvalue weighted by Crippen LogP contribution is -2.19. The number of rotatable bonds is 6. The van der Waals surface area contributed by atoms with Crippen molar-refractivity contribution in [2.24, 2.45) is 0 Å². The first-order valence-corrected chi connectivity index (χ1v) is 9.61. The molecule has 0 aliphatic carbocycles. The highest BCUT2D eigenvalue weighted by Crippen LogP contribution is 2.27. The van der Waals surface area contributed by atoms with Crippen molar-refractivity contribution >= 4 is 46.0 Å². The van der Waals surface area contributed by atoms with Crippen molar-refractivity contribution in [1.29, 1.82) is 0 Å². The summed E-state index contributed by atoms with van der Waals surface area (Å²) in [6.07, 6.45) is 1.77. The number of hydrogen-bond donors (Lipinski definition) is 5. The van der Waals surface area contributed by atoms with Crippen molar-refractivity contribution in [1.82, 2.24) is 25.6 Å². The Kier molecular flexibility index (Phi) is 5.48. The Morgan fingerprint density at radius 1 is 0.839 bits per heavy atom. The number of benzene rings is 2. The van der Waals surface area contributed by atoms with Crippen LogP contribution in [0.2, 0.25) is 0 Å². The van der Waals surface area contributed by atoms with E-state index in [9.17, 15) is 9.59 Å². The number of carbonyl (C=O) groups is 2. The summed E-state index contributed by atoms with van der Waals surface area (Å²) in [5.74, 6) is 0.559. The third kappa shape index (κ3) is 4.15. The molecule has 0 unspecified atom stereocenters. The number of anilines is 4. The van der Waals surface area contributed by atoms with Gasteiger partial charge in [-0.25, -0.2) is 0 Å². The molecule has 4 aromatic rings. The zero-order valence-electron chi connectivity index (χ0n) is 17.0. The molecule has 31 heavy (non-hydrogen) atoms. The summed E-state index contributed by atoms with van der Waals surface area (Å²) in [6, 6.07) is 16.1. The molecule has 2 amide bonds. The first kappa shape index (κ1) is 19.9. The fourth-order valence-corrected chi connectivity index (χ4v) is 3.12. The summed E-state index contributed by atoms with van der Waals surface area (Å²) in [7, 11) is 3.18. The van der Waals surface area contributed by atoms with Crippen LogP contribution < -0.4 is 21.3 Å². The van der Waals surface area contributed by atoms with Gasteiger partial charge in [0.2, 0.25) is 5.95 Å². The third-order valence-corrected chi connectivity index (χ3v) is 4.70. The second kappa shape index (κ2) is 8.54. The summed E-state index contributed by atoms with van der Waals surface area (Å²) in [5.41, 5.74) is 3.06. The van der Waals surface area contributed by atoms with Gasteiger partial charge in [0, 0.05) is 31.5 Å². The molecule has 9 heteroatoms. The molecule has 0 aliphatic rings. The topological polar surface area (TPSA) is 124 Å². The number of nitrogens with zero attached hydrogens (tertiary/aromatic N) is 2. The van der Waals surface area contributed by atoms with Gasteiger partial charge >= 0.3 is 0 Å². The fraction of sp³-hybridized carbons (Fsp3) is 0.0909. The van der Waals surface area contributed by atoms with E-state index in [-0.39, 0.29) is 11.8 Å². The molecule has 156 valence electrons. The van der Waals surface area contributed by atoms with Crippen LogP contribution in [0.15, 0.2) is 60.8 Å². The van der Waals surface area contributed by atoms with Crippen LogP contribution >= 0.6 is 0 Å². The Morgan fingerprint density at radius 3 is 2.32 bits per heavy atom. The molecule has 4 rings (SSSR count). The predicted octanol–water partition coefficient (Wildman–Crippen LogP) is 3.16. The van der Waals surface area contributed by atoms with Crippen LogP contribution in [0.3, 0.4) is 0 Å². The van der Waals surface area contributed by atoms with Crippen molar-refractivity contribution in [2.45, 2.75) is 0 Å². The van der Waals surface area contributed by atoms with Crippen LogP contribution in [-0.2, 0) is 0 Å². The van der Waals surface area contributed by atoms with Gasteiger partial charge in [-0.2, -0.15) is 9.97 Å². The number of aromatic amines is 1. The predicted molar refractivity (Wildman–Crippen MR) is 120 cm³/mol. The van der Waals surface area contributed by atoms with Crippen molar-refractivity contribution in [3.8, 4) is 0 Å². The number of fused-ring (bicyclic) bond motifs is 1. The molecule has 0 fully saturated rings. The minimum atomic E-state index is -0.197. The van der Waals surface area contributed by atoms with Crippen LogP contribution in [0.25, 0.3) is 11.0 Å². The summed E-state index contributed by atoms with van der Waals surface area (Å²) in [4.78, 5) is 36.1. The van der Waals surface area contributed by atoms with Crippen molar-refractivity contribution in [3.63, 3.8) is 0 Å². The quantitative estimate of drug-likeness (QED) is 0.330. The molecular weight excluding hydrogens is 394 g/mol. The maximum Gasteiger partial charge on any atom is 0.253 e. The van der Waals surface area contributed by atoms with Gasteiger partial charge in [-0.3, -0.25) is 9.59 Å². The molecule has 2 aromatic carbocycles. The van der Waals surface area contributed by atoms with Crippen LogP contribution in [0.5, 0.6) is 0 Å². The molecule has 0 spiro atoms. The summed E-state index contributed by atoms with van der Waals surface area (Å²) in [5, 5.41) is 12.4. The molecule has 2 aromatic heterocycles. The highest BCUT2D eigenvalue weighted by atomic mass is 16.2. The molecule has 0 saturated carbocycles. The molecule has 0 aliphatic heterocycles. The van der Waals surface area contributed by atoms with E-state index in [1.165, 1.54) is 0 Å². The average molecular weight is 415 g/mol. The standard InChI is InChI=1S/C22H21N7O2/c1-23-20(30)13-7-9-14(10-8-13)26-22-28-18-16(11-12-25-18)19(29-22)27-17-6-4-3-5-15(17)21(31)24-2/h3-12H,1-2H3,(H,23,30)(H,24,31)(H3,25,26,27,28,29). The molecule has 0 radical (unpaired) electrons. The first-order valence-electron chi connectivity index (χ1n) is 9.61. The van der Waals surface area contributed by atoms with Gasteiger partial charge < -0.3 is 26.3 Å². The van der Waals surface area contributed by atoms with Crippen molar-refractivity contribution < 1.29 is 9.59 Å². The average Bonchev–Trinajstić information content (AvgIpc) is 3.28.